The monoisotopic (exact) mass is 445 g/mol. The molecule has 0 aromatic heterocycles. The third kappa shape index (κ3) is 5.14. The topological polar surface area (TPSA) is 52.7 Å². The lowest BCUT2D eigenvalue weighted by Gasteiger charge is -2.20. The Bertz CT molecular complexity index is 1090. The number of carbonyl (C=O) groups excluding carboxylic acids is 2. The van der Waals surface area contributed by atoms with E-state index in [9.17, 15) is 9.59 Å². The van der Waals surface area contributed by atoms with Gasteiger partial charge in [-0.2, -0.15) is 0 Å². The van der Waals surface area contributed by atoms with E-state index in [1.807, 2.05) is 84.7 Å². The molecule has 0 spiro atoms. The minimum atomic E-state index is -0.117. The summed E-state index contributed by atoms with van der Waals surface area (Å²) in [5.41, 5.74) is 3.94. The molecule has 0 fully saturated rings. The van der Waals surface area contributed by atoms with E-state index in [1.54, 1.807) is 0 Å². The molecule has 0 saturated carbocycles. The number of para-hydroxylation sites is 2. The Morgan fingerprint density at radius 3 is 2.53 bits per heavy atom. The highest BCUT2D eigenvalue weighted by Crippen LogP contribution is 2.29. The first-order valence-corrected chi connectivity index (χ1v) is 11.8. The fourth-order valence-corrected chi connectivity index (χ4v) is 4.76. The van der Waals surface area contributed by atoms with Gasteiger partial charge in [0.15, 0.2) is 0 Å². The molecular formula is C26H27N3O2S. The summed E-state index contributed by atoms with van der Waals surface area (Å²) in [6.45, 7) is 1.96. The number of nitrogens with one attached hydrogen (secondary N) is 1. The average molecular weight is 446 g/mol. The normalized spacial score (nSPS) is 12.3. The van der Waals surface area contributed by atoms with Gasteiger partial charge >= 0.3 is 0 Å². The van der Waals surface area contributed by atoms with Gasteiger partial charge in [0.05, 0.1) is 11.3 Å². The lowest BCUT2D eigenvalue weighted by atomic mass is 10.2. The van der Waals surface area contributed by atoms with Crippen LogP contribution in [0.25, 0.3) is 0 Å². The second-order valence-corrected chi connectivity index (χ2v) is 8.74. The zero-order valence-corrected chi connectivity index (χ0v) is 19.0. The summed E-state index contributed by atoms with van der Waals surface area (Å²) in [4.78, 5) is 30.4. The Balaban J connectivity index is 1.32. The van der Waals surface area contributed by atoms with E-state index in [0.29, 0.717) is 24.4 Å². The Labute approximate surface area is 193 Å². The molecule has 3 aromatic carbocycles. The Morgan fingerprint density at radius 2 is 1.69 bits per heavy atom. The number of nitrogens with zero attached hydrogens (tertiary/aromatic N) is 2. The summed E-state index contributed by atoms with van der Waals surface area (Å²) in [6.07, 6.45) is 0.892. The van der Waals surface area contributed by atoms with Gasteiger partial charge in [0.25, 0.3) is 5.91 Å². The van der Waals surface area contributed by atoms with Crippen molar-refractivity contribution in [3.8, 4) is 0 Å². The third-order valence-electron chi connectivity index (χ3n) is 5.60. The Morgan fingerprint density at radius 1 is 0.969 bits per heavy atom. The van der Waals surface area contributed by atoms with Crippen LogP contribution in [0.5, 0.6) is 0 Å². The van der Waals surface area contributed by atoms with Gasteiger partial charge in [-0.15, -0.1) is 11.8 Å². The van der Waals surface area contributed by atoms with E-state index in [4.69, 9.17) is 0 Å². The van der Waals surface area contributed by atoms with E-state index in [2.05, 4.69) is 16.3 Å². The summed E-state index contributed by atoms with van der Waals surface area (Å²) < 4.78 is 0. The lowest BCUT2D eigenvalue weighted by Crippen LogP contribution is -2.33. The zero-order valence-electron chi connectivity index (χ0n) is 18.2. The number of likely N-dealkylation sites (N-methyl/N-ethyl adjacent to an activating group) is 1. The van der Waals surface area contributed by atoms with E-state index in [0.717, 1.165) is 29.2 Å². The van der Waals surface area contributed by atoms with Gasteiger partial charge in [-0.05, 0) is 42.3 Å². The van der Waals surface area contributed by atoms with Crippen molar-refractivity contribution in [1.82, 2.24) is 5.32 Å². The molecule has 32 heavy (non-hydrogen) atoms. The quantitative estimate of drug-likeness (QED) is 0.527. The van der Waals surface area contributed by atoms with Crippen molar-refractivity contribution < 1.29 is 9.59 Å². The summed E-state index contributed by atoms with van der Waals surface area (Å²) in [6, 6.07) is 25.6. The van der Waals surface area contributed by atoms with Crippen molar-refractivity contribution in [3.63, 3.8) is 0 Å². The van der Waals surface area contributed by atoms with Crippen LogP contribution in [0.15, 0.2) is 83.8 Å². The van der Waals surface area contributed by atoms with E-state index >= 15 is 0 Å². The molecule has 1 aliphatic rings. The molecule has 4 rings (SSSR count). The van der Waals surface area contributed by atoms with Crippen molar-refractivity contribution in [3.05, 3.63) is 90.0 Å². The standard InChI is InChI=1S/C26H27N3O2S/c1-28(21-10-3-2-4-11-21)18-16-27-26(31)22-12-6-8-14-24(22)32-19-25(30)29-17-15-20-9-5-7-13-23(20)29/h2-14H,15-19H2,1H3,(H,27,31). The summed E-state index contributed by atoms with van der Waals surface area (Å²) >= 11 is 1.42. The molecule has 2 amide bonds. The molecule has 1 heterocycles. The molecule has 164 valence electrons. The van der Waals surface area contributed by atoms with Crippen LogP contribution in [0.2, 0.25) is 0 Å². The molecule has 3 aromatic rings. The number of amides is 2. The maximum absolute atomic E-state index is 12.8. The van der Waals surface area contributed by atoms with Crippen LogP contribution in [0.4, 0.5) is 11.4 Å². The minimum absolute atomic E-state index is 0.0691. The molecule has 1 aliphatic heterocycles. The van der Waals surface area contributed by atoms with Gasteiger partial charge < -0.3 is 15.1 Å². The third-order valence-corrected chi connectivity index (χ3v) is 6.66. The van der Waals surface area contributed by atoms with Crippen LogP contribution in [-0.2, 0) is 11.2 Å². The number of thioether (sulfide) groups is 1. The SMILES string of the molecule is CN(CCNC(=O)c1ccccc1SCC(=O)N1CCc2ccccc21)c1ccccc1. The number of carbonyl (C=O) groups is 2. The smallest absolute Gasteiger partial charge is 0.252 e. The van der Waals surface area contributed by atoms with Crippen LogP contribution >= 0.6 is 11.8 Å². The predicted octanol–water partition coefficient (Wildman–Crippen LogP) is 4.23. The maximum Gasteiger partial charge on any atom is 0.252 e. The largest absolute Gasteiger partial charge is 0.373 e. The predicted molar refractivity (Wildman–Crippen MR) is 132 cm³/mol. The summed E-state index contributed by atoms with van der Waals surface area (Å²) in [7, 11) is 2.01. The van der Waals surface area contributed by atoms with Gasteiger partial charge in [-0.1, -0.05) is 48.5 Å². The highest BCUT2D eigenvalue weighted by molar-refractivity contribution is 8.00. The van der Waals surface area contributed by atoms with E-state index < -0.39 is 0 Å². The van der Waals surface area contributed by atoms with Crippen LogP contribution in [0, 0.1) is 0 Å². The molecular weight excluding hydrogens is 418 g/mol. The van der Waals surface area contributed by atoms with Crippen LogP contribution in [0.3, 0.4) is 0 Å². The first kappa shape index (κ1) is 22.0. The van der Waals surface area contributed by atoms with E-state index in [1.165, 1.54) is 17.3 Å². The van der Waals surface area contributed by atoms with Gasteiger partial charge in [0.1, 0.15) is 0 Å². The van der Waals surface area contributed by atoms with Crippen LogP contribution in [-0.4, -0.2) is 44.2 Å². The highest BCUT2D eigenvalue weighted by atomic mass is 32.2. The summed E-state index contributed by atoms with van der Waals surface area (Å²) in [5, 5.41) is 3.01. The number of rotatable bonds is 8. The second kappa shape index (κ2) is 10.4. The fraction of sp³-hybridized carbons (Fsp3) is 0.231. The minimum Gasteiger partial charge on any atom is -0.373 e. The maximum atomic E-state index is 12.8. The van der Waals surface area contributed by atoms with Gasteiger partial charge in [-0.25, -0.2) is 0 Å². The number of anilines is 2. The number of hydrogen-bond donors (Lipinski definition) is 1. The first-order chi connectivity index (χ1) is 15.6. The van der Waals surface area contributed by atoms with Crippen molar-refractivity contribution in [2.45, 2.75) is 11.3 Å². The molecule has 1 N–H and O–H groups in total. The Hall–Kier alpha value is -3.25. The zero-order chi connectivity index (χ0) is 22.3. The molecule has 0 aliphatic carbocycles. The molecule has 6 heteroatoms. The molecule has 5 nitrogen and oxygen atoms in total. The Kier molecular flexibility index (Phi) is 7.12. The van der Waals surface area contributed by atoms with Crippen molar-refractivity contribution >= 4 is 35.0 Å². The number of fused-ring (bicyclic) bond motifs is 1. The van der Waals surface area contributed by atoms with Crippen molar-refractivity contribution in [2.75, 3.05) is 42.2 Å². The first-order valence-electron chi connectivity index (χ1n) is 10.8. The molecule has 0 atom stereocenters. The molecule has 0 bridgehead atoms. The lowest BCUT2D eigenvalue weighted by molar-refractivity contribution is -0.116. The van der Waals surface area contributed by atoms with Crippen LogP contribution in [0.1, 0.15) is 15.9 Å². The second-order valence-electron chi connectivity index (χ2n) is 7.72. The summed E-state index contributed by atoms with van der Waals surface area (Å²) in [5.74, 6) is 0.253. The molecule has 0 saturated heterocycles. The fourth-order valence-electron chi connectivity index (χ4n) is 3.84. The van der Waals surface area contributed by atoms with Gasteiger partial charge in [0.2, 0.25) is 5.91 Å². The van der Waals surface area contributed by atoms with Gasteiger partial charge in [-0.3, -0.25) is 9.59 Å². The van der Waals surface area contributed by atoms with Crippen molar-refractivity contribution in [2.24, 2.45) is 0 Å². The number of hydrogen-bond acceptors (Lipinski definition) is 4. The van der Waals surface area contributed by atoms with Gasteiger partial charge in [0, 0.05) is 43.0 Å². The average Bonchev–Trinajstić information content (AvgIpc) is 3.27. The molecule has 0 radical (unpaired) electrons. The molecule has 0 unspecified atom stereocenters. The van der Waals surface area contributed by atoms with Crippen LogP contribution < -0.4 is 15.1 Å². The number of benzene rings is 3. The highest BCUT2D eigenvalue weighted by Gasteiger charge is 2.24. The van der Waals surface area contributed by atoms with Crippen molar-refractivity contribution in [1.29, 1.82) is 0 Å². The van der Waals surface area contributed by atoms with E-state index in [-0.39, 0.29) is 11.8 Å².